The van der Waals surface area contributed by atoms with Crippen LogP contribution in [0, 0.1) is 12.3 Å². The highest BCUT2D eigenvalue weighted by Crippen LogP contribution is 2.21. The van der Waals surface area contributed by atoms with Crippen molar-refractivity contribution in [2.24, 2.45) is 0 Å². The normalized spacial score (nSPS) is 10.4. The molecule has 0 saturated heterocycles. The number of terminal acetylenes is 1. The maximum Gasteiger partial charge on any atom is 0.119 e. The minimum Gasteiger partial charge on any atom is -0.497 e. The Morgan fingerprint density at radius 3 is 3.06 bits per heavy atom. The molecule has 0 amide bonds. The molecule has 0 aliphatic rings. The molecular weight excluding hydrogens is 212 g/mol. The largest absolute Gasteiger partial charge is 0.497 e. The predicted molar refractivity (Wildman–Crippen MR) is 70.2 cm³/mol. The van der Waals surface area contributed by atoms with E-state index in [-0.39, 0.29) is 0 Å². The van der Waals surface area contributed by atoms with Gasteiger partial charge in [-0.3, -0.25) is 0 Å². The Labute approximate surface area is 101 Å². The van der Waals surface area contributed by atoms with Gasteiger partial charge >= 0.3 is 0 Å². The number of benzene rings is 1. The monoisotopic (exact) mass is 228 g/mol. The molecule has 0 aliphatic carbocycles. The molecule has 0 aliphatic heterocycles. The Kier molecular flexibility index (Phi) is 3.69. The second kappa shape index (κ2) is 5.42. The van der Waals surface area contributed by atoms with Crippen molar-refractivity contribution in [3.8, 4) is 18.1 Å². The molecule has 1 N–H and O–H groups in total. The van der Waals surface area contributed by atoms with E-state index in [0.717, 1.165) is 18.8 Å². The van der Waals surface area contributed by atoms with E-state index in [9.17, 15) is 0 Å². The van der Waals surface area contributed by atoms with E-state index in [1.54, 1.807) is 7.11 Å². The predicted octanol–water partition coefficient (Wildman–Crippen LogP) is 1.87. The first-order valence-corrected chi connectivity index (χ1v) is 5.62. The van der Waals surface area contributed by atoms with Gasteiger partial charge in [-0.15, -0.1) is 6.42 Å². The molecule has 17 heavy (non-hydrogen) atoms. The summed E-state index contributed by atoms with van der Waals surface area (Å²) in [6, 6.07) is 8.20. The van der Waals surface area contributed by atoms with Crippen LogP contribution in [0.1, 0.15) is 0 Å². The molecule has 0 unspecified atom stereocenters. The first-order valence-electron chi connectivity index (χ1n) is 5.62. The molecule has 2 aromatic rings. The van der Waals surface area contributed by atoms with E-state index in [4.69, 9.17) is 11.2 Å². The number of nitrogens with one attached hydrogen (secondary N) is 1. The van der Waals surface area contributed by atoms with Gasteiger partial charge in [0.15, 0.2) is 0 Å². The zero-order valence-corrected chi connectivity index (χ0v) is 9.94. The Morgan fingerprint density at radius 2 is 2.29 bits per heavy atom. The topological polar surface area (TPSA) is 26.2 Å². The molecular formula is C14H16N2O. The molecule has 0 spiro atoms. The van der Waals surface area contributed by atoms with Gasteiger partial charge in [-0.1, -0.05) is 5.92 Å². The SMILES string of the molecule is C#CCNCCn1ccc2cc(OC)ccc21. The van der Waals surface area contributed by atoms with Crippen LogP contribution in [-0.2, 0) is 6.54 Å². The third-order valence-corrected chi connectivity index (χ3v) is 2.73. The van der Waals surface area contributed by atoms with Crippen LogP contribution >= 0.6 is 0 Å². The highest BCUT2D eigenvalue weighted by atomic mass is 16.5. The lowest BCUT2D eigenvalue weighted by Gasteiger charge is -2.06. The van der Waals surface area contributed by atoms with Crippen LogP contribution in [0.2, 0.25) is 0 Å². The summed E-state index contributed by atoms with van der Waals surface area (Å²) in [5.74, 6) is 3.45. The summed E-state index contributed by atoms with van der Waals surface area (Å²) >= 11 is 0. The summed E-state index contributed by atoms with van der Waals surface area (Å²) in [6.07, 6.45) is 7.26. The second-order valence-electron chi connectivity index (χ2n) is 3.81. The van der Waals surface area contributed by atoms with Gasteiger partial charge in [-0.05, 0) is 24.3 Å². The zero-order valence-electron chi connectivity index (χ0n) is 9.94. The standard InChI is InChI=1S/C14H16N2O/c1-3-7-15-8-10-16-9-6-12-11-13(17-2)4-5-14(12)16/h1,4-6,9,11,15H,7-8,10H2,2H3. The Bertz CT molecular complexity index is 537. The average molecular weight is 228 g/mol. The number of rotatable bonds is 5. The van der Waals surface area contributed by atoms with Gasteiger partial charge in [0.2, 0.25) is 0 Å². The molecule has 3 nitrogen and oxygen atoms in total. The highest BCUT2D eigenvalue weighted by molar-refractivity contribution is 5.81. The van der Waals surface area contributed by atoms with E-state index in [2.05, 4.69) is 34.1 Å². The first-order chi connectivity index (χ1) is 8.35. The number of fused-ring (bicyclic) bond motifs is 1. The number of hydrogen-bond donors (Lipinski definition) is 1. The first kappa shape index (κ1) is 11.6. The Balaban J connectivity index is 2.11. The fraction of sp³-hybridized carbons (Fsp3) is 0.286. The van der Waals surface area contributed by atoms with E-state index < -0.39 is 0 Å². The van der Waals surface area contributed by atoms with Crippen molar-refractivity contribution in [2.75, 3.05) is 20.2 Å². The summed E-state index contributed by atoms with van der Waals surface area (Å²) in [5.41, 5.74) is 1.22. The third-order valence-electron chi connectivity index (χ3n) is 2.73. The van der Waals surface area contributed by atoms with Crippen LogP contribution in [0.5, 0.6) is 5.75 Å². The van der Waals surface area contributed by atoms with Crippen molar-refractivity contribution in [2.45, 2.75) is 6.54 Å². The number of aromatic nitrogens is 1. The van der Waals surface area contributed by atoms with Crippen LogP contribution < -0.4 is 10.1 Å². The molecule has 2 rings (SSSR count). The molecule has 1 aromatic carbocycles. The minimum absolute atomic E-state index is 0.618. The van der Waals surface area contributed by atoms with Gasteiger partial charge < -0.3 is 14.6 Å². The van der Waals surface area contributed by atoms with Gasteiger partial charge in [0.05, 0.1) is 13.7 Å². The van der Waals surface area contributed by atoms with Gasteiger partial charge in [0.1, 0.15) is 5.75 Å². The number of ether oxygens (including phenoxy) is 1. The Morgan fingerprint density at radius 1 is 1.41 bits per heavy atom. The summed E-state index contributed by atoms with van der Waals surface area (Å²) < 4.78 is 7.41. The smallest absolute Gasteiger partial charge is 0.119 e. The molecule has 88 valence electrons. The molecule has 3 heteroatoms. The van der Waals surface area contributed by atoms with Crippen molar-refractivity contribution in [1.29, 1.82) is 0 Å². The summed E-state index contributed by atoms with van der Waals surface area (Å²) in [5, 5.41) is 4.37. The van der Waals surface area contributed by atoms with E-state index >= 15 is 0 Å². The third kappa shape index (κ3) is 2.61. The molecule has 0 radical (unpaired) electrons. The van der Waals surface area contributed by atoms with Crippen LogP contribution in [0.15, 0.2) is 30.5 Å². The molecule has 1 aromatic heterocycles. The van der Waals surface area contributed by atoms with Gasteiger partial charge in [-0.25, -0.2) is 0 Å². The minimum atomic E-state index is 0.618. The lowest BCUT2D eigenvalue weighted by molar-refractivity contribution is 0.415. The lowest BCUT2D eigenvalue weighted by Crippen LogP contribution is -2.19. The van der Waals surface area contributed by atoms with E-state index in [1.165, 1.54) is 10.9 Å². The molecule has 0 saturated carbocycles. The van der Waals surface area contributed by atoms with Crippen LogP contribution in [0.3, 0.4) is 0 Å². The fourth-order valence-corrected chi connectivity index (χ4v) is 1.86. The zero-order chi connectivity index (χ0) is 12.1. The molecule has 0 atom stereocenters. The van der Waals surface area contributed by atoms with Crippen molar-refractivity contribution >= 4 is 10.9 Å². The summed E-state index contributed by atoms with van der Waals surface area (Å²) in [6.45, 7) is 2.41. The van der Waals surface area contributed by atoms with Crippen LogP contribution in [0.4, 0.5) is 0 Å². The van der Waals surface area contributed by atoms with Crippen molar-refractivity contribution < 1.29 is 4.74 Å². The highest BCUT2D eigenvalue weighted by Gasteiger charge is 2.01. The summed E-state index contributed by atoms with van der Waals surface area (Å²) in [7, 11) is 1.68. The second-order valence-corrected chi connectivity index (χ2v) is 3.81. The number of hydrogen-bond acceptors (Lipinski definition) is 2. The molecule has 1 heterocycles. The van der Waals surface area contributed by atoms with Crippen LogP contribution in [0.25, 0.3) is 10.9 Å². The van der Waals surface area contributed by atoms with Crippen LogP contribution in [-0.4, -0.2) is 24.8 Å². The quantitative estimate of drug-likeness (QED) is 0.624. The Hall–Kier alpha value is -1.92. The maximum absolute atomic E-state index is 5.20. The van der Waals surface area contributed by atoms with Crippen molar-refractivity contribution in [1.82, 2.24) is 9.88 Å². The lowest BCUT2D eigenvalue weighted by atomic mass is 10.2. The maximum atomic E-state index is 5.20. The summed E-state index contributed by atoms with van der Waals surface area (Å²) in [4.78, 5) is 0. The number of methoxy groups -OCH3 is 1. The van der Waals surface area contributed by atoms with E-state index in [0.29, 0.717) is 6.54 Å². The van der Waals surface area contributed by atoms with Gasteiger partial charge in [0, 0.05) is 30.2 Å². The average Bonchev–Trinajstić information content (AvgIpc) is 2.77. The van der Waals surface area contributed by atoms with Crippen molar-refractivity contribution in [3.63, 3.8) is 0 Å². The van der Waals surface area contributed by atoms with Gasteiger partial charge in [-0.2, -0.15) is 0 Å². The van der Waals surface area contributed by atoms with Crippen molar-refractivity contribution in [3.05, 3.63) is 30.5 Å². The number of nitrogens with zero attached hydrogens (tertiary/aromatic N) is 1. The molecule has 0 bridgehead atoms. The van der Waals surface area contributed by atoms with E-state index in [1.807, 2.05) is 12.1 Å². The van der Waals surface area contributed by atoms with Gasteiger partial charge in [0.25, 0.3) is 0 Å². The fourth-order valence-electron chi connectivity index (χ4n) is 1.86. The molecule has 0 fully saturated rings.